The minimum atomic E-state index is -2.13. The molecule has 1 amide bonds. The second-order valence-electron chi connectivity index (χ2n) is 9.54. The first kappa shape index (κ1) is 28.7. The number of nitrogens with zero attached hydrogens (tertiary/aromatic N) is 4. The minimum Gasteiger partial charge on any atom is -0.462 e. The van der Waals surface area contributed by atoms with Gasteiger partial charge in [0.25, 0.3) is 0 Å². The number of nitriles is 1. The van der Waals surface area contributed by atoms with Crippen molar-refractivity contribution in [1.82, 2.24) is 14.6 Å². The van der Waals surface area contributed by atoms with Gasteiger partial charge in [-0.25, -0.2) is 14.3 Å². The highest BCUT2D eigenvalue weighted by Gasteiger charge is 2.60. The average molecular weight is 535 g/mol. The normalized spacial score (nSPS) is 23.9. The molecular formula is C23H30N6O9. The number of hydrogen-bond donors (Lipinski definition) is 4. The van der Waals surface area contributed by atoms with Crippen LogP contribution in [0.1, 0.15) is 39.8 Å². The SMILES string of the molecule is CCC(=O)O[C@H]1[C@@H](O)[C@](C#N)(c2ccc3c(NC(=O)OCO)ncnn23)O[C@@H]1COC(=O)[C@@H](N)C(C)(C)C. The molecule has 0 bridgehead atoms. The van der Waals surface area contributed by atoms with Gasteiger partial charge in [-0.3, -0.25) is 14.9 Å². The highest BCUT2D eigenvalue weighted by Crippen LogP contribution is 2.42. The first-order chi connectivity index (χ1) is 17.9. The van der Waals surface area contributed by atoms with E-state index in [0.717, 1.165) is 6.33 Å². The molecule has 1 saturated heterocycles. The molecular weight excluding hydrogens is 504 g/mol. The number of amides is 1. The predicted octanol–water partition coefficient (Wildman–Crippen LogP) is -0.0554. The molecule has 206 valence electrons. The average Bonchev–Trinajstić information content (AvgIpc) is 3.42. The van der Waals surface area contributed by atoms with Crippen LogP contribution in [0.2, 0.25) is 0 Å². The van der Waals surface area contributed by atoms with Crippen LogP contribution in [0.4, 0.5) is 10.6 Å². The fourth-order valence-corrected chi connectivity index (χ4v) is 3.79. The van der Waals surface area contributed by atoms with Crippen LogP contribution in [0, 0.1) is 16.7 Å². The Bertz CT molecular complexity index is 1240. The smallest absolute Gasteiger partial charge is 0.414 e. The number of hydrogen-bond acceptors (Lipinski definition) is 13. The second kappa shape index (κ2) is 11.3. The lowest BCUT2D eigenvalue weighted by molar-refractivity contribution is -0.161. The lowest BCUT2D eigenvalue weighted by Crippen LogP contribution is -2.45. The van der Waals surface area contributed by atoms with Crippen molar-refractivity contribution < 1.29 is 43.5 Å². The molecule has 1 aliphatic heterocycles. The van der Waals surface area contributed by atoms with Crippen molar-refractivity contribution in [3.63, 3.8) is 0 Å². The number of fused-ring (bicyclic) bond motifs is 1. The first-order valence-corrected chi connectivity index (χ1v) is 11.7. The summed E-state index contributed by atoms with van der Waals surface area (Å²) in [4.78, 5) is 40.4. The van der Waals surface area contributed by atoms with Crippen molar-refractivity contribution in [3.8, 4) is 6.07 Å². The van der Waals surface area contributed by atoms with E-state index in [9.17, 15) is 24.8 Å². The summed E-state index contributed by atoms with van der Waals surface area (Å²) in [5, 5.41) is 36.7. The molecule has 1 fully saturated rings. The third-order valence-electron chi connectivity index (χ3n) is 5.98. The van der Waals surface area contributed by atoms with Gasteiger partial charge in [-0.15, -0.1) is 0 Å². The molecule has 15 nitrogen and oxygen atoms in total. The number of carbonyl (C=O) groups is 3. The van der Waals surface area contributed by atoms with Crippen molar-refractivity contribution in [1.29, 1.82) is 5.26 Å². The van der Waals surface area contributed by atoms with E-state index in [2.05, 4.69) is 20.1 Å². The van der Waals surface area contributed by atoms with Crippen LogP contribution in [0.3, 0.4) is 0 Å². The van der Waals surface area contributed by atoms with Crippen LogP contribution in [-0.4, -0.2) is 80.6 Å². The zero-order valence-electron chi connectivity index (χ0n) is 21.3. The molecule has 3 heterocycles. The van der Waals surface area contributed by atoms with Gasteiger partial charge in [0.2, 0.25) is 5.60 Å². The number of nitrogens with one attached hydrogen (secondary N) is 1. The Hall–Kier alpha value is -3.84. The van der Waals surface area contributed by atoms with Gasteiger partial charge in [0.05, 0.1) is 5.69 Å². The van der Waals surface area contributed by atoms with Crippen LogP contribution in [-0.2, 0) is 34.1 Å². The van der Waals surface area contributed by atoms with E-state index >= 15 is 0 Å². The maximum atomic E-state index is 12.5. The molecule has 0 aromatic carbocycles. The number of aliphatic hydroxyl groups excluding tert-OH is 2. The molecule has 1 aliphatic rings. The summed E-state index contributed by atoms with van der Waals surface area (Å²) in [5.41, 5.74) is 3.43. The number of ether oxygens (including phenoxy) is 4. The monoisotopic (exact) mass is 534 g/mol. The summed E-state index contributed by atoms with van der Waals surface area (Å²) in [6, 6.07) is 3.81. The molecule has 5 N–H and O–H groups in total. The molecule has 2 aromatic rings. The zero-order valence-corrected chi connectivity index (χ0v) is 21.3. The molecule has 5 atom stereocenters. The third-order valence-corrected chi connectivity index (χ3v) is 5.98. The Morgan fingerprint density at radius 3 is 2.66 bits per heavy atom. The van der Waals surface area contributed by atoms with E-state index in [-0.39, 0.29) is 23.4 Å². The van der Waals surface area contributed by atoms with Gasteiger partial charge in [0, 0.05) is 6.42 Å². The highest BCUT2D eigenvalue weighted by molar-refractivity contribution is 5.88. The highest BCUT2D eigenvalue weighted by atomic mass is 16.6. The van der Waals surface area contributed by atoms with E-state index in [0.29, 0.717) is 0 Å². The van der Waals surface area contributed by atoms with Gasteiger partial charge in [0.1, 0.15) is 42.8 Å². The van der Waals surface area contributed by atoms with Crippen LogP contribution >= 0.6 is 0 Å². The predicted molar refractivity (Wildman–Crippen MR) is 127 cm³/mol. The van der Waals surface area contributed by atoms with E-state index in [1.807, 2.05) is 6.07 Å². The molecule has 0 spiro atoms. The number of aliphatic hydroxyl groups is 2. The minimum absolute atomic E-state index is 0.0150. The Morgan fingerprint density at radius 1 is 1.34 bits per heavy atom. The number of aromatic nitrogens is 3. The number of carbonyl (C=O) groups excluding carboxylic acids is 3. The number of nitrogens with two attached hydrogens (primary N) is 1. The molecule has 15 heteroatoms. The van der Waals surface area contributed by atoms with Crippen LogP contribution in [0.25, 0.3) is 5.52 Å². The van der Waals surface area contributed by atoms with Crippen molar-refractivity contribution in [3.05, 3.63) is 24.2 Å². The summed E-state index contributed by atoms with van der Waals surface area (Å²) in [6.07, 6.45) is -4.30. The molecule has 0 unspecified atom stereocenters. The maximum Gasteiger partial charge on any atom is 0.414 e. The summed E-state index contributed by atoms with van der Waals surface area (Å²) in [5.74, 6) is -1.44. The molecule has 0 saturated carbocycles. The topological polar surface area (TPSA) is 221 Å². The summed E-state index contributed by atoms with van der Waals surface area (Å²) < 4.78 is 22.3. The molecule has 2 aromatic heterocycles. The lowest BCUT2D eigenvalue weighted by Gasteiger charge is -2.26. The largest absolute Gasteiger partial charge is 0.462 e. The maximum absolute atomic E-state index is 12.5. The molecule has 0 aliphatic carbocycles. The van der Waals surface area contributed by atoms with Gasteiger partial charge in [-0.2, -0.15) is 10.4 Å². The van der Waals surface area contributed by atoms with E-state index < -0.39 is 66.8 Å². The molecule has 0 radical (unpaired) electrons. The summed E-state index contributed by atoms with van der Waals surface area (Å²) in [7, 11) is 0. The van der Waals surface area contributed by atoms with Gasteiger partial charge in [0.15, 0.2) is 18.7 Å². The fourth-order valence-electron chi connectivity index (χ4n) is 3.79. The number of esters is 2. The quantitative estimate of drug-likeness (QED) is 0.198. The Balaban J connectivity index is 1.98. The zero-order chi connectivity index (χ0) is 28.3. The van der Waals surface area contributed by atoms with Crippen molar-refractivity contribution >= 4 is 29.4 Å². The van der Waals surface area contributed by atoms with E-state index in [1.54, 1.807) is 27.7 Å². The fraction of sp³-hybridized carbons (Fsp3) is 0.565. The van der Waals surface area contributed by atoms with E-state index in [1.165, 1.54) is 16.6 Å². The first-order valence-electron chi connectivity index (χ1n) is 11.7. The standard InChI is InChI=1S/C23H30N6O9/c1-5-15(31)37-16-13(8-35-20(33)17(25)22(2,3)4)38-23(9-24,18(16)32)14-7-6-12-19(26-10-27-29(12)14)28-21(34)36-11-30/h6-7,10,13,16-18,30,32H,5,8,11,25H2,1-4H3,(H,26,27,28,34)/t13-,16-,17-,18-,23+/m1/s1. The van der Waals surface area contributed by atoms with Gasteiger partial charge >= 0.3 is 18.0 Å². The van der Waals surface area contributed by atoms with Crippen LogP contribution in [0.15, 0.2) is 18.5 Å². The van der Waals surface area contributed by atoms with E-state index in [4.69, 9.17) is 25.1 Å². The van der Waals surface area contributed by atoms with Gasteiger partial charge in [-0.05, 0) is 17.5 Å². The Kier molecular flexibility index (Phi) is 8.52. The Labute approximate surface area is 217 Å². The molecule has 38 heavy (non-hydrogen) atoms. The second-order valence-corrected chi connectivity index (χ2v) is 9.54. The molecule has 3 rings (SSSR count). The number of rotatable bonds is 8. The van der Waals surface area contributed by atoms with Crippen molar-refractivity contribution in [2.45, 2.75) is 64.1 Å². The van der Waals surface area contributed by atoms with Crippen LogP contribution < -0.4 is 11.1 Å². The van der Waals surface area contributed by atoms with Crippen molar-refractivity contribution in [2.24, 2.45) is 11.1 Å². The van der Waals surface area contributed by atoms with Gasteiger partial charge < -0.3 is 34.9 Å². The van der Waals surface area contributed by atoms with Gasteiger partial charge in [-0.1, -0.05) is 27.7 Å². The third kappa shape index (κ3) is 5.53. The summed E-state index contributed by atoms with van der Waals surface area (Å²) in [6.45, 7) is 5.49. The number of anilines is 1. The Morgan fingerprint density at radius 2 is 2.05 bits per heavy atom. The lowest BCUT2D eigenvalue weighted by atomic mass is 9.87. The summed E-state index contributed by atoms with van der Waals surface area (Å²) >= 11 is 0. The van der Waals surface area contributed by atoms with Crippen molar-refractivity contribution in [2.75, 3.05) is 18.7 Å². The van der Waals surface area contributed by atoms with Crippen LogP contribution in [0.5, 0.6) is 0 Å².